The van der Waals surface area contributed by atoms with Crippen LogP contribution in [0.4, 0.5) is 0 Å². The SMILES string of the molecule is Clc1ccc(Cn2c(CN3CCCC3)cc3ccccc32)cc1. The molecule has 1 aromatic heterocycles. The summed E-state index contributed by atoms with van der Waals surface area (Å²) < 4.78 is 2.46. The summed E-state index contributed by atoms with van der Waals surface area (Å²) in [6.45, 7) is 4.39. The number of benzene rings is 2. The first-order chi connectivity index (χ1) is 11.3. The van der Waals surface area contributed by atoms with Crippen LogP contribution in [0.2, 0.25) is 5.02 Å². The van der Waals surface area contributed by atoms with Gasteiger partial charge >= 0.3 is 0 Å². The summed E-state index contributed by atoms with van der Waals surface area (Å²) >= 11 is 6.02. The number of para-hydroxylation sites is 1. The number of rotatable bonds is 4. The summed E-state index contributed by atoms with van der Waals surface area (Å²) in [5, 5.41) is 2.12. The van der Waals surface area contributed by atoms with Crippen molar-refractivity contribution in [2.75, 3.05) is 13.1 Å². The number of halogens is 1. The summed E-state index contributed by atoms with van der Waals surface area (Å²) in [4.78, 5) is 2.56. The smallest absolute Gasteiger partial charge is 0.0486 e. The fraction of sp³-hybridized carbons (Fsp3) is 0.300. The highest BCUT2D eigenvalue weighted by molar-refractivity contribution is 6.30. The lowest BCUT2D eigenvalue weighted by atomic mass is 10.2. The summed E-state index contributed by atoms with van der Waals surface area (Å²) in [5.74, 6) is 0. The highest BCUT2D eigenvalue weighted by atomic mass is 35.5. The van der Waals surface area contributed by atoms with Gasteiger partial charge in [0.1, 0.15) is 0 Å². The fourth-order valence-corrected chi connectivity index (χ4v) is 3.65. The molecule has 0 radical (unpaired) electrons. The average molecular weight is 325 g/mol. The molecule has 0 bridgehead atoms. The van der Waals surface area contributed by atoms with Crippen molar-refractivity contribution in [3.8, 4) is 0 Å². The molecule has 0 saturated carbocycles. The van der Waals surface area contributed by atoms with Crippen LogP contribution in [0.3, 0.4) is 0 Å². The number of nitrogens with zero attached hydrogens (tertiary/aromatic N) is 2. The van der Waals surface area contributed by atoms with Gasteiger partial charge in [-0.25, -0.2) is 0 Å². The van der Waals surface area contributed by atoms with Gasteiger partial charge in [-0.3, -0.25) is 4.90 Å². The number of hydrogen-bond acceptors (Lipinski definition) is 1. The van der Waals surface area contributed by atoms with Crippen molar-refractivity contribution >= 4 is 22.5 Å². The Bertz CT molecular complexity index is 798. The Morgan fingerprint density at radius 1 is 0.870 bits per heavy atom. The van der Waals surface area contributed by atoms with E-state index >= 15 is 0 Å². The molecule has 1 fully saturated rings. The Hall–Kier alpha value is -1.77. The predicted molar refractivity (Wildman–Crippen MR) is 97.0 cm³/mol. The van der Waals surface area contributed by atoms with Gasteiger partial charge in [-0.15, -0.1) is 0 Å². The second kappa shape index (κ2) is 6.38. The second-order valence-electron chi connectivity index (χ2n) is 6.39. The lowest BCUT2D eigenvalue weighted by molar-refractivity contribution is 0.323. The zero-order valence-corrected chi connectivity index (χ0v) is 14.0. The summed E-state index contributed by atoms with van der Waals surface area (Å²) in [6.07, 6.45) is 2.66. The number of aromatic nitrogens is 1. The molecular formula is C20H21ClN2. The van der Waals surface area contributed by atoms with Crippen molar-refractivity contribution < 1.29 is 0 Å². The van der Waals surface area contributed by atoms with Crippen molar-refractivity contribution in [2.24, 2.45) is 0 Å². The molecule has 0 amide bonds. The van der Waals surface area contributed by atoms with Gasteiger partial charge in [0.2, 0.25) is 0 Å². The molecule has 118 valence electrons. The maximum atomic E-state index is 6.02. The van der Waals surface area contributed by atoms with Crippen LogP contribution >= 0.6 is 11.6 Å². The number of fused-ring (bicyclic) bond motifs is 1. The van der Waals surface area contributed by atoms with Gasteiger partial charge < -0.3 is 4.57 Å². The second-order valence-corrected chi connectivity index (χ2v) is 6.83. The maximum Gasteiger partial charge on any atom is 0.0486 e. The summed E-state index contributed by atoms with van der Waals surface area (Å²) in [6, 6.07) is 19.2. The van der Waals surface area contributed by atoms with E-state index in [0.717, 1.165) is 18.1 Å². The van der Waals surface area contributed by atoms with Gasteiger partial charge in [0, 0.05) is 29.3 Å². The zero-order chi connectivity index (χ0) is 15.6. The van der Waals surface area contributed by atoms with Gasteiger partial charge in [-0.05, 0) is 61.1 Å². The maximum absolute atomic E-state index is 6.02. The summed E-state index contributed by atoms with van der Waals surface area (Å²) in [7, 11) is 0. The standard InChI is InChI=1S/C20H21ClN2/c21-18-9-7-16(8-10-18)14-23-19(15-22-11-3-4-12-22)13-17-5-1-2-6-20(17)23/h1-2,5-10,13H,3-4,11-12,14-15H2. The van der Waals surface area contributed by atoms with E-state index in [1.807, 2.05) is 12.1 Å². The molecule has 0 spiro atoms. The van der Waals surface area contributed by atoms with E-state index in [0.29, 0.717) is 0 Å². The van der Waals surface area contributed by atoms with Crippen LogP contribution < -0.4 is 0 Å². The molecule has 1 aliphatic rings. The first-order valence-electron chi connectivity index (χ1n) is 8.33. The van der Waals surface area contributed by atoms with Gasteiger partial charge in [0.15, 0.2) is 0 Å². The molecule has 0 aliphatic carbocycles. The quantitative estimate of drug-likeness (QED) is 0.660. The monoisotopic (exact) mass is 324 g/mol. The third-order valence-electron chi connectivity index (χ3n) is 4.73. The van der Waals surface area contributed by atoms with E-state index < -0.39 is 0 Å². The Balaban J connectivity index is 1.71. The Morgan fingerprint density at radius 2 is 1.61 bits per heavy atom. The topological polar surface area (TPSA) is 8.17 Å². The molecule has 3 heteroatoms. The van der Waals surface area contributed by atoms with Gasteiger partial charge in [-0.1, -0.05) is 41.9 Å². The van der Waals surface area contributed by atoms with Crippen LogP contribution in [0, 0.1) is 0 Å². The molecule has 3 aromatic rings. The molecule has 2 aromatic carbocycles. The Kier molecular flexibility index (Phi) is 4.11. The first kappa shape index (κ1) is 14.8. The Morgan fingerprint density at radius 3 is 2.39 bits per heavy atom. The Labute approximate surface area is 142 Å². The molecule has 2 heterocycles. The molecule has 2 nitrogen and oxygen atoms in total. The van der Waals surface area contributed by atoms with E-state index in [-0.39, 0.29) is 0 Å². The van der Waals surface area contributed by atoms with Crippen LogP contribution in [0.1, 0.15) is 24.1 Å². The predicted octanol–water partition coefficient (Wildman–Crippen LogP) is 4.94. The van der Waals surface area contributed by atoms with Crippen LogP contribution in [0.5, 0.6) is 0 Å². The fourth-order valence-electron chi connectivity index (χ4n) is 3.53. The molecule has 23 heavy (non-hydrogen) atoms. The van der Waals surface area contributed by atoms with Crippen LogP contribution in [0.15, 0.2) is 54.6 Å². The van der Waals surface area contributed by atoms with Crippen LogP contribution in [-0.2, 0) is 13.1 Å². The summed E-state index contributed by atoms with van der Waals surface area (Å²) in [5.41, 5.74) is 4.01. The van der Waals surface area contributed by atoms with E-state index in [1.165, 1.54) is 48.1 Å². The average Bonchev–Trinajstić information content (AvgIpc) is 3.19. The van der Waals surface area contributed by atoms with E-state index in [9.17, 15) is 0 Å². The van der Waals surface area contributed by atoms with Crippen LogP contribution in [-0.4, -0.2) is 22.6 Å². The molecule has 0 N–H and O–H groups in total. The molecule has 1 aliphatic heterocycles. The van der Waals surface area contributed by atoms with E-state index in [2.05, 4.69) is 51.9 Å². The normalized spacial score (nSPS) is 15.5. The van der Waals surface area contributed by atoms with Crippen molar-refractivity contribution in [1.82, 2.24) is 9.47 Å². The van der Waals surface area contributed by atoms with Crippen molar-refractivity contribution in [3.63, 3.8) is 0 Å². The number of hydrogen-bond donors (Lipinski definition) is 0. The van der Waals surface area contributed by atoms with Gasteiger partial charge in [0.05, 0.1) is 0 Å². The number of likely N-dealkylation sites (tertiary alicyclic amines) is 1. The van der Waals surface area contributed by atoms with Crippen LogP contribution in [0.25, 0.3) is 10.9 Å². The van der Waals surface area contributed by atoms with Crippen molar-refractivity contribution in [2.45, 2.75) is 25.9 Å². The minimum atomic E-state index is 0.795. The van der Waals surface area contributed by atoms with Gasteiger partial charge in [0.25, 0.3) is 0 Å². The largest absolute Gasteiger partial charge is 0.339 e. The molecule has 0 atom stereocenters. The lowest BCUT2D eigenvalue weighted by Gasteiger charge is -2.17. The van der Waals surface area contributed by atoms with Crippen molar-refractivity contribution in [1.29, 1.82) is 0 Å². The minimum absolute atomic E-state index is 0.795. The van der Waals surface area contributed by atoms with Crippen molar-refractivity contribution in [3.05, 3.63) is 70.9 Å². The minimum Gasteiger partial charge on any atom is -0.339 e. The van der Waals surface area contributed by atoms with E-state index in [1.54, 1.807) is 0 Å². The molecule has 1 saturated heterocycles. The van der Waals surface area contributed by atoms with Gasteiger partial charge in [-0.2, -0.15) is 0 Å². The zero-order valence-electron chi connectivity index (χ0n) is 13.2. The molecule has 0 unspecified atom stereocenters. The third kappa shape index (κ3) is 3.15. The lowest BCUT2D eigenvalue weighted by Crippen LogP contribution is -2.20. The third-order valence-corrected chi connectivity index (χ3v) is 4.99. The van der Waals surface area contributed by atoms with E-state index in [4.69, 9.17) is 11.6 Å². The molecular weight excluding hydrogens is 304 g/mol. The molecule has 4 rings (SSSR count). The highest BCUT2D eigenvalue weighted by Gasteiger charge is 2.16. The highest BCUT2D eigenvalue weighted by Crippen LogP contribution is 2.24. The first-order valence-corrected chi connectivity index (χ1v) is 8.71.